The maximum Gasteiger partial charge on any atom is 0.321 e. The van der Waals surface area contributed by atoms with Crippen molar-refractivity contribution in [2.75, 3.05) is 19.0 Å². The van der Waals surface area contributed by atoms with E-state index in [0.717, 1.165) is 12.0 Å². The zero-order valence-electron chi connectivity index (χ0n) is 13.4. The van der Waals surface area contributed by atoms with Crippen molar-refractivity contribution in [2.24, 2.45) is 0 Å². The van der Waals surface area contributed by atoms with E-state index in [0.29, 0.717) is 29.6 Å². The number of nitrogens with one attached hydrogen (secondary N) is 1. The highest BCUT2D eigenvalue weighted by molar-refractivity contribution is 6.31. The van der Waals surface area contributed by atoms with Gasteiger partial charge in [-0.05, 0) is 30.2 Å². The minimum absolute atomic E-state index is 0.211. The fourth-order valence-electron chi connectivity index (χ4n) is 2.08. The van der Waals surface area contributed by atoms with Gasteiger partial charge >= 0.3 is 6.03 Å². The van der Waals surface area contributed by atoms with Crippen LogP contribution in [0.2, 0.25) is 5.02 Å². The SMILES string of the molecule is CCCOc1ccc(Cl)cc1NC(=O)N(C)Cc1ccccc1. The van der Waals surface area contributed by atoms with Gasteiger partial charge in [0.15, 0.2) is 0 Å². The molecule has 0 bridgehead atoms. The molecule has 5 heteroatoms. The first-order chi connectivity index (χ1) is 11.1. The van der Waals surface area contributed by atoms with Crippen molar-refractivity contribution >= 4 is 23.3 Å². The predicted octanol–water partition coefficient (Wildman–Crippen LogP) is 4.79. The summed E-state index contributed by atoms with van der Waals surface area (Å²) in [5.41, 5.74) is 1.65. The Morgan fingerprint density at radius 1 is 1.22 bits per heavy atom. The number of amides is 2. The summed E-state index contributed by atoms with van der Waals surface area (Å²) >= 11 is 6.02. The van der Waals surface area contributed by atoms with Crippen molar-refractivity contribution in [3.05, 3.63) is 59.1 Å². The summed E-state index contributed by atoms with van der Waals surface area (Å²) in [5.74, 6) is 0.623. The molecule has 0 saturated heterocycles. The summed E-state index contributed by atoms with van der Waals surface area (Å²) in [5, 5.41) is 3.41. The lowest BCUT2D eigenvalue weighted by Crippen LogP contribution is -2.31. The third-order valence-electron chi connectivity index (χ3n) is 3.25. The maximum absolute atomic E-state index is 12.4. The van der Waals surface area contributed by atoms with Gasteiger partial charge in [-0.15, -0.1) is 0 Å². The Balaban J connectivity index is 2.05. The number of benzene rings is 2. The van der Waals surface area contributed by atoms with E-state index in [1.807, 2.05) is 37.3 Å². The van der Waals surface area contributed by atoms with E-state index in [1.165, 1.54) is 0 Å². The molecule has 0 radical (unpaired) electrons. The zero-order chi connectivity index (χ0) is 16.7. The van der Waals surface area contributed by atoms with Crippen LogP contribution < -0.4 is 10.1 Å². The highest BCUT2D eigenvalue weighted by atomic mass is 35.5. The molecule has 0 aromatic heterocycles. The number of halogens is 1. The van der Waals surface area contributed by atoms with Gasteiger partial charge in [0.05, 0.1) is 12.3 Å². The molecular formula is C18H21ClN2O2. The smallest absolute Gasteiger partial charge is 0.321 e. The maximum atomic E-state index is 12.4. The number of anilines is 1. The summed E-state index contributed by atoms with van der Waals surface area (Å²) in [4.78, 5) is 14.0. The Hall–Kier alpha value is -2.20. The van der Waals surface area contributed by atoms with Crippen molar-refractivity contribution in [1.82, 2.24) is 4.90 Å². The molecule has 2 amide bonds. The monoisotopic (exact) mass is 332 g/mol. The van der Waals surface area contributed by atoms with E-state index in [4.69, 9.17) is 16.3 Å². The Bertz CT molecular complexity index is 647. The second kappa shape index (κ2) is 8.44. The molecule has 122 valence electrons. The van der Waals surface area contributed by atoms with Gasteiger partial charge in [0, 0.05) is 18.6 Å². The van der Waals surface area contributed by atoms with E-state index in [-0.39, 0.29) is 6.03 Å². The molecule has 0 atom stereocenters. The molecule has 0 spiro atoms. The van der Waals surface area contributed by atoms with Crippen LogP contribution in [0.3, 0.4) is 0 Å². The number of hydrogen-bond acceptors (Lipinski definition) is 2. The second-order valence-corrected chi connectivity index (χ2v) is 5.70. The molecule has 0 saturated carbocycles. The van der Waals surface area contributed by atoms with Crippen molar-refractivity contribution in [3.63, 3.8) is 0 Å². The fraction of sp³-hybridized carbons (Fsp3) is 0.278. The van der Waals surface area contributed by atoms with Crippen molar-refractivity contribution in [1.29, 1.82) is 0 Å². The highest BCUT2D eigenvalue weighted by Gasteiger charge is 2.13. The van der Waals surface area contributed by atoms with Crippen molar-refractivity contribution < 1.29 is 9.53 Å². The first-order valence-corrected chi connectivity index (χ1v) is 7.96. The number of nitrogens with zero attached hydrogens (tertiary/aromatic N) is 1. The van der Waals surface area contributed by atoms with Gasteiger partial charge in [-0.25, -0.2) is 4.79 Å². The normalized spacial score (nSPS) is 10.2. The lowest BCUT2D eigenvalue weighted by molar-refractivity contribution is 0.220. The molecule has 4 nitrogen and oxygen atoms in total. The second-order valence-electron chi connectivity index (χ2n) is 5.26. The van der Waals surface area contributed by atoms with Crippen LogP contribution in [0, 0.1) is 0 Å². The van der Waals surface area contributed by atoms with E-state index in [1.54, 1.807) is 30.1 Å². The molecular weight excluding hydrogens is 312 g/mol. The minimum atomic E-state index is -0.211. The third-order valence-corrected chi connectivity index (χ3v) is 3.49. The highest BCUT2D eigenvalue weighted by Crippen LogP contribution is 2.28. The summed E-state index contributed by atoms with van der Waals surface area (Å²) in [6, 6.07) is 14.8. The van der Waals surface area contributed by atoms with Crippen LogP contribution in [0.15, 0.2) is 48.5 Å². The average Bonchev–Trinajstić information content (AvgIpc) is 2.55. The zero-order valence-corrected chi connectivity index (χ0v) is 14.1. The standard InChI is InChI=1S/C18H21ClN2O2/c1-3-11-23-17-10-9-15(19)12-16(17)20-18(22)21(2)13-14-7-5-4-6-8-14/h4-10,12H,3,11,13H2,1-2H3,(H,20,22). The number of hydrogen-bond donors (Lipinski definition) is 1. The Morgan fingerprint density at radius 2 is 1.96 bits per heavy atom. The third kappa shape index (κ3) is 5.18. The molecule has 2 rings (SSSR count). The Morgan fingerprint density at radius 3 is 2.65 bits per heavy atom. The van der Waals surface area contributed by atoms with Crippen LogP contribution in [0.4, 0.5) is 10.5 Å². The quantitative estimate of drug-likeness (QED) is 0.826. The lowest BCUT2D eigenvalue weighted by atomic mass is 10.2. The summed E-state index contributed by atoms with van der Waals surface area (Å²) in [6.07, 6.45) is 0.893. The van der Waals surface area contributed by atoms with E-state index in [9.17, 15) is 4.79 Å². The van der Waals surface area contributed by atoms with Crippen LogP contribution in [0.5, 0.6) is 5.75 Å². The van der Waals surface area contributed by atoms with Crippen LogP contribution in [0.1, 0.15) is 18.9 Å². The first kappa shape index (κ1) is 17.2. The molecule has 0 aliphatic carbocycles. The summed E-state index contributed by atoms with van der Waals surface area (Å²) in [6.45, 7) is 3.14. The fourth-order valence-corrected chi connectivity index (χ4v) is 2.25. The molecule has 1 N–H and O–H groups in total. The van der Waals surface area contributed by atoms with Gasteiger partial charge in [-0.1, -0.05) is 48.9 Å². The van der Waals surface area contributed by atoms with Gasteiger partial charge in [-0.3, -0.25) is 0 Å². The van der Waals surface area contributed by atoms with Gasteiger partial charge in [-0.2, -0.15) is 0 Å². The Labute approximate surface area is 142 Å². The van der Waals surface area contributed by atoms with Crippen LogP contribution in [-0.4, -0.2) is 24.6 Å². The number of carbonyl (C=O) groups excluding carboxylic acids is 1. The van der Waals surface area contributed by atoms with Crippen LogP contribution in [-0.2, 0) is 6.54 Å². The average molecular weight is 333 g/mol. The molecule has 0 heterocycles. The largest absolute Gasteiger partial charge is 0.491 e. The molecule has 0 fully saturated rings. The van der Waals surface area contributed by atoms with Crippen molar-refractivity contribution in [2.45, 2.75) is 19.9 Å². The first-order valence-electron chi connectivity index (χ1n) is 7.58. The topological polar surface area (TPSA) is 41.6 Å². The molecule has 0 aliphatic heterocycles. The summed E-state index contributed by atoms with van der Waals surface area (Å²) in [7, 11) is 1.75. The van der Waals surface area contributed by atoms with Gasteiger partial charge < -0.3 is 15.0 Å². The summed E-state index contributed by atoms with van der Waals surface area (Å²) < 4.78 is 5.65. The van der Waals surface area contributed by atoms with Gasteiger partial charge in [0.1, 0.15) is 5.75 Å². The number of rotatable bonds is 6. The molecule has 23 heavy (non-hydrogen) atoms. The predicted molar refractivity (Wildman–Crippen MR) is 94.2 cm³/mol. The minimum Gasteiger partial charge on any atom is -0.491 e. The number of urea groups is 1. The van der Waals surface area contributed by atoms with Gasteiger partial charge in [0.25, 0.3) is 0 Å². The number of ether oxygens (including phenoxy) is 1. The molecule has 2 aromatic rings. The van der Waals surface area contributed by atoms with Gasteiger partial charge in [0.2, 0.25) is 0 Å². The van der Waals surface area contributed by atoms with Crippen LogP contribution >= 0.6 is 11.6 Å². The Kier molecular flexibility index (Phi) is 6.29. The van der Waals surface area contributed by atoms with E-state index in [2.05, 4.69) is 5.32 Å². The van der Waals surface area contributed by atoms with E-state index >= 15 is 0 Å². The molecule has 0 unspecified atom stereocenters. The van der Waals surface area contributed by atoms with Crippen LogP contribution in [0.25, 0.3) is 0 Å². The molecule has 2 aromatic carbocycles. The lowest BCUT2D eigenvalue weighted by Gasteiger charge is -2.19. The van der Waals surface area contributed by atoms with Crippen molar-refractivity contribution in [3.8, 4) is 5.75 Å². The molecule has 0 aliphatic rings. The van der Waals surface area contributed by atoms with E-state index < -0.39 is 0 Å². The number of carbonyl (C=O) groups is 1.